The van der Waals surface area contributed by atoms with Gasteiger partial charge in [0.15, 0.2) is 5.56 Å². The molecule has 230 valence electrons. The third kappa shape index (κ3) is 6.58. The summed E-state index contributed by atoms with van der Waals surface area (Å²) in [6.45, 7) is 4.01. The molecule has 1 aliphatic heterocycles. The summed E-state index contributed by atoms with van der Waals surface area (Å²) in [6.07, 6.45) is -2.02. The number of hydrogen-bond acceptors (Lipinski definition) is 7. The Balaban J connectivity index is 1.41. The standard InChI is InChI=1S/C31H32F3NO7S/c1-17-12-20(40-10-5-11-43(3,38)39)13-18(2)27(17)23-7-4-6-22-21(23)8-9-25(22)42-30-28(31(32,33)34)29-24(15-35-30)19(16-41-29)14-26(36)37/h4,6-7,12-13,15,19,25H,5,8-11,14,16H2,1-3H3,(H,36,37)/t19-,25?/m0/s1. The summed E-state index contributed by atoms with van der Waals surface area (Å²) in [6, 6.07) is 9.47. The molecule has 43 heavy (non-hydrogen) atoms. The second-order valence-corrected chi connectivity index (χ2v) is 13.4. The van der Waals surface area contributed by atoms with E-state index in [0.717, 1.165) is 33.4 Å². The van der Waals surface area contributed by atoms with E-state index in [9.17, 15) is 26.4 Å². The zero-order valence-corrected chi connectivity index (χ0v) is 24.8. The van der Waals surface area contributed by atoms with Crippen molar-refractivity contribution in [2.45, 2.75) is 57.7 Å². The summed E-state index contributed by atoms with van der Waals surface area (Å²) >= 11 is 0. The van der Waals surface area contributed by atoms with Gasteiger partial charge in [0.2, 0.25) is 5.88 Å². The number of aromatic nitrogens is 1. The molecule has 2 aromatic carbocycles. The van der Waals surface area contributed by atoms with E-state index >= 15 is 0 Å². The Hall–Kier alpha value is -3.80. The highest BCUT2D eigenvalue weighted by atomic mass is 32.2. The van der Waals surface area contributed by atoms with Gasteiger partial charge in [0.1, 0.15) is 27.4 Å². The molecule has 0 saturated heterocycles. The molecule has 2 aliphatic rings. The first-order chi connectivity index (χ1) is 20.2. The molecule has 0 fully saturated rings. The topological polar surface area (TPSA) is 112 Å². The molecule has 0 bridgehead atoms. The normalized spacial score (nSPS) is 17.7. The average molecular weight is 620 g/mol. The van der Waals surface area contributed by atoms with Crippen LogP contribution < -0.4 is 14.2 Å². The first kappa shape index (κ1) is 30.7. The van der Waals surface area contributed by atoms with Crippen LogP contribution in [0.2, 0.25) is 0 Å². The van der Waals surface area contributed by atoms with Gasteiger partial charge in [-0.1, -0.05) is 18.2 Å². The van der Waals surface area contributed by atoms with Crippen LogP contribution in [0.25, 0.3) is 11.1 Å². The van der Waals surface area contributed by atoms with E-state index in [4.69, 9.17) is 19.3 Å². The number of fused-ring (bicyclic) bond motifs is 2. The highest BCUT2D eigenvalue weighted by molar-refractivity contribution is 7.90. The summed E-state index contributed by atoms with van der Waals surface area (Å²) in [5.74, 6) is -2.18. The molecular formula is C31H32F3NO7S. The zero-order chi connectivity index (χ0) is 31.1. The van der Waals surface area contributed by atoms with Crippen molar-refractivity contribution in [2.75, 3.05) is 25.2 Å². The molecule has 12 heteroatoms. The van der Waals surface area contributed by atoms with Crippen LogP contribution in [0.4, 0.5) is 13.2 Å². The number of carboxylic acid groups (broad SMARTS) is 1. The number of carbonyl (C=O) groups is 1. The van der Waals surface area contributed by atoms with Crippen LogP contribution in [-0.4, -0.2) is 49.7 Å². The third-order valence-electron chi connectivity index (χ3n) is 7.77. The average Bonchev–Trinajstić information content (AvgIpc) is 3.49. The first-order valence-electron chi connectivity index (χ1n) is 13.9. The Kier molecular flexibility index (Phi) is 8.34. The highest BCUT2D eigenvalue weighted by Gasteiger charge is 2.44. The summed E-state index contributed by atoms with van der Waals surface area (Å²) in [4.78, 5) is 15.2. The monoisotopic (exact) mass is 619 g/mol. The van der Waals surface area contributed by atoms with Crippen LogP contribution in [-0.2, 0) is 27.2 Å². The minimum absolute atomic E-state index is 0.0478. The number of alkyl halides is 3. The van der Waals surface area contributed by atoms with Gasteiger partial charge in [-0.25, -0.2) is 13.4 Å². The molecule has 0 amide bonds. The van der Waals surface area contributed by atoms with E-state index < -0.39 is 51.2 Å². The number of nitrogens with zero attached hydrogens (tertiary/aromatic N) is 1. The number of aliphatic carboxylic acids is 1. The Morgan fingerprint density at radius 3 is 2.53 bits per heavy atom. The number of hydrogen-bond donors (Lipinski definition) is 1. The smallest absolute Gasteiger partial charge is 0.425 e. The fraction of sp³-hybridized carbons (Fsp3) is 0.419. The molecule has 0 radical (unpaired) electrons. The molecule has 0 spiro atoms. The van der Waals surface area contributed by atoms with Gasteiger partial charge in [0.05, 0.1) is 25.4 Å². The number of carboxylic acids is 1. The van der Waals surface area contributed by atoms with Crippen molar-refractivity contribution in [1.82, 2.24) is 4.98 Å². The number of rotatable bonds is 10. The van der Waals surface area contributed by atoms with Gasteiger partial charge in [0, 0.05) is 23.9 Å². The minimum atomic E-state index is -4.82. The lowest BCUT2D eigenvalue weighted by Gasteiger charge is -2.20. The molecule has 2 atom stereocenters. The van der Waals surface area contributed by atoms with E-state index in [2.05, 4.69) is 4.98 Å². The second-order valence-electron chi connectivity index (χ2n) is 11.1. The van der Waals surface area contributed by atoms with Gasteiger partial charge in [-0.15, -0.1) is 0 Å². The van der Waals surface area contributed by atoms with Crippen molar-refractivity contribution in [3.05, 3.63) is 69.9 Å². The fourth-order valence-corrected chi connectivity index (χ4v) is 6.62. The Bertz CT molecular complexity index is 1650. The van der Waals surface area contributed by atoms with Gasteiger partial charge in [-0.2, -0.15) is 13.2 Å². The predicted octanol–water partition coefficient (Wildman–Crippen LogP) is 6.21. The van der Waals surface area contributed by atoms with Gasteiger partial charge in [0.25, 0.3) is 0 Å². The van der Waals surface area contributed by atoms with Crippen LogP contribution in [0.5, 0.6) is 17.4 Å². The SMILES string of the molecule is Cc1cc(OCCCS(C)(=O)=O)cc(C)c1-c1cccc2c1CCC2Oc1ncc2c(c1C(F)(F)F)OC[C@@H]2CC(=O)O. The van der Waals surface area contributed by atoms with E-state index in [1.165, 1.54) is 12.5 Å². The largest absolute Gasteiger partial charge is 0.494 e. The third-order valence-corrected chi connectivity index (χ3v) is 8.80. The highest BCUT2D eigenvalue weighted by Crippen LogP contribution is 2.50. The summed E-state index contributed by atoms with van der Waals surface area (Å²) < 4.78 is 82.7. The van der Waals surface area contributed by atoms with E-state index in [0.29, 0.717) is 25.0 Å². The lowest BCUT2D eigenvalue weighted by Crippen LogP contribution is -2.14. The maximum Gasteiger partial charge on any atom is 0.425 e. The number of pyridine rings is 1. The van der Waals surface area contributed by atoms with Crippen molar-refractivity contribution in [3.8, 4) is 28.5 Å². The van der Waals surface area contributed by atoms with Crippen LogP contribution in [0.1, 0.15) is 64.7 Å². The number of aryl methyl sites for hydroxylation is 2. The van der Waals surface area contributed by atoms with Crippen LogP contribution >= 0.6 is 0 Å². The van der Waals surface area contributed by atoms with Gasteiger partial charge >= 0.3 is 12.1 Å². The van der Waals surface area contributed by atoms with Crippen molar-refractivity contribution >= 4 is 15.8 Å². The predicted molar refractivity (Wildman–Crippen MR) is 153 cm³/mol. The van der Waals surface area contributed by atoms with Crippen molar-refractivity contribution < 1.29 is 45.7 Å². The molecule has 1 aromatic heterocycles. The fourth-order valence-electron chi connectivity index (χ4n) is 5.98. The molecule has 1 N–H and O–H groups in total. The van der Waals surface area contributed by atoms with Gasteiger partial charge in [-0.3, -0.25) is 4.79 Å². The summed E-state index contributed by atoms with van der Waals surface area (Å²) in [5, 5.41) is 9.14. The molecule has 8 nitrogen and oxygen atoms in total. The summed E-state index contributed by atoms with van der Waals surface area (Å²) in [7, 11) is -3.06. The molecule has 2 heterocycles. The maximum atomic E-state index is 14.3. The Morgan fingerprint density at radius 2 is 1.88 bits per heavy atom. The van der Waals surface area contributed by atoms with Gasteiger partial charge < -0.3 is 19.3 Å². The lowest BCUT2D eigenvalue weighted by atomic mass is 9.90. The number of sulfone groups is 1. The minimum Gasteiger partial charge on any atom is -0.494 e. The summed E-state index contributed by atoms with van der Waals surface area (Å²) in [5.41, 5.74) is 4.59. The number of ether oxygens (including phenoxy) is 3. The molecular weight excluding hydrogens is 587 g/mol. The Morgan fingerprint density at radius 1 is 1.16 bits per heavy atom. The van der Waals surface area contributed by atoms with Gasteiger partial charge in [-0.05, 0) is 78.6 Å². The van der Waals surface area contributed by atoms with Crippen LogP contribution in [0, 0.1) is 13.8 Å². The quantitative estimate of drug-likeness (QED) is 0.267. The molecule has 0 saturated carbocycles. The molecule has 1 unspecified atom stereocenters. The van der Waals surface area contributed by atoms with Crippen molar-refractivity contribution in [1.29, 1.82) is 0 Å². The second kappa shape index (κ2) is 11.7. The van der Waals surface area contributed by atoms with Crippen molar-refractivity contribution in [3.63, 3.8) is 0 Å². The van der Waals surface area contributed by atoms with E-state index in [1.54, 1.807) is 0 Å². The lowest BCUT2D eigenvalue weighted by molar-refractivity contribution is -0.141. The van der Waals surface area contributed by atoms with Crippen molar-refractivity contribution in [2.24, 2.45) is 0 Å². The van der Waals surface area contributed by atoms with E-state index in [1.807, 2.05) is 44.2 Å². The number of halogens is 3. The van der Waals surface area contributed by atoms with Crippen LogP contribution in [0.15, 0.2) is 36.5 Å². The zero-order valence-electron chi connectivity index (χ0n) is 24.0. The maximum absolute atomic E-state index is 14.3. The molecule has 3 aromatic rings. The van der Waals surface area contributed by atoms with E-state index in [-0.39, 0.29) is 31.0 Å². The van der Waals surface area contributed by atoms with Crippen LogP contribution in [0.3, 0.4) is 0 Å². The first-order valence-corrected chi connectivity index (χ1v) is 15.9. The molecule has 1 aliphatic carbocycles. The number of benzene rings is 2. The molecule has 5 rings (SSSR count). The Labute approximate surface area is 247 Å².